The van der Waals surface area contributed by atoms with Crippen molar-refractivity contribution in [3.8, 4) is 5.75 Å². The maximum Gasteiger partial charge on any atom is 0.372 e. The number of nitrogens with one attached hydrogen (secondary N) is 1. The second-order valence-corrected chi connectivity index (χ2v) is 4.55. The monoisotopic (exact) mass is 298 g/mol. The van der Waals surface area contributed by atoms with Crippen LogP contribution in [0.1, 0.15) is 6.92 Å². The predicted octanol–water partition coefficient (Wildman–Crippen LogP) is 3.38. The van der Waals surface area contributed by atoms with Crippen LogP contribution in [0.3, 0.4) is 0 Å². The molecule has 1 aromatic carbocycles. The average Bonchev–Trinajstić information content (AvgIpc) is 2.87. The first-order valence-electron chi connectivity index (χ1n) is 6.80. The molecule has 0 aliphatic heterocycles. The molecule has 3 rings (SSSR count). The largest absolute Gasteiger partial charge is 0.494 e. The van der Waals surface area contributed by atoms with Gasteiger partial charge < -0.3 is 20.2 Å². The molecule has 2 heterocycles. The summed E-state index contributed by atoms with van der Waals surface area (Å²) in [4.78, 5) is 15.1. The lowest BCUT2D eigenvalue weighted by Gasteiger charge is -2.06. The Hall–Kier alpha value is -3.09. The number of imidazole rings is 1. The quantitative estimate of drug-likeness (QED) is 0.576. The number of hydrogen-bond acceptors (Lipinski definition) is 5. The van der Waals surface area contributed by atoms with Crippen molar-refractivity contribution in [3.05, 3.63) is 58.8 Å². The molecule has 0 saturated heterocycles. The van der Waals surface area contributed by atoms with E-state index in [2.05, 4.69) is 10.3 Å². The minimum atomic E-state index is -0.448. The molecule has 0 amide bonds. The summed E-state index contributed by atoms with van der Waals surface area (Å²) in [5.74, 6) is 0.863. The fourth-order valence-electron chi connectivity index (χ4n) is 2.18. The van der Waals surface area contributed by atoms with E-state index in [1.165, 1.54) is 4.40 Å². The zero-order chi connectivity index (χ0) is 15.5. The van der Waals surface area contributed by atoms with Gasteiger partial charge >= 0.3 is 5.82 Å². The summed E-state index contributed by atoms with van der Waals surface area (Å²) in [5.41, 5.74) is 1.22. The van der Waals surface area contributed by atoms with Crippen molar-refractivity contribution in [1.82, 2.24) is 9.38 Å². The van der Waals surface area contributed by atoms with E-state index in [9.17, 15) is 10.1 Å². The molecule has 112 valence electrons. The van der Waals surface area contributed by atoms with Crippen molar-refractivity contribution in [1.29, 1.82) is 0 Å². The van der Waals surface area contributed by atoms with Crippen LogP contribution in [0.4, 0.5) is 17.3 Å². The maximum absolute atomic E-state index is 11.3. The van der Waals surface area contributed by atoms with Gasteiger partial charge in [0.2, 0.25) is 11.5 Å². The highest BCUT2D eigenvalue weighted by molar-refractivity contribution is 5.69. The van der Waals surface area contributed by atoms with Crippen molar-refractivity contribution >= 4 is 23.0 Å². The molecule has 2 aromatic heterocycles. The molecule has 0 aliphatic carbocycles. The zero-order valence-corrected chi connectivity index (χ0v) is 11.9. The van der Waals surface area contributed by atoms with Crippen LogP contribution in [-0.4, -0.2) is 20.9 Å². The van der Waals surface area contributed by atoms with Crippen molar-refractivity contribution < 1.29 is 9.66 Å². The molecule has 0 unspecified atom stereocenters. The summed E-state index contributed by atoms with van der Waals surface area (Å²) < 4.78 is 6.81. The minimum absolute atomic E-state index is 0.0931. The van der Waals surface area contributed by atoms with Gasteiger partial charge in [-0.25, -0.2) is 0 Å². The number of hydrogen-bond donors (Lipinski definition) is 1. The Labute approximate surface area is 126 Å². The molecular weight excluding hydrogens is 284 g/mol. The van der Waals surface area contributed by atoms with Gasteiger partial charge in [-0.15, -0.1) is 0 Å². The van der Waals surface area contributed by atoms with E-state index in [-0.39, 0.29) is 11.6 Å². The first-order chi connectivity index (χ1) is 10.7. The molecule has 0 bridgehead atoms. The van der Waals surface area contributed by atoms with E-state index < -0.39 is 4.92 Å². The average molecular weight is 298 g/mol. The summed E-state index contributed by atoms with van der Waals surface area (Å²) in [5, 5.41) is 14.3. The van der Waals surface area contributed by atoms with Crippen molar-refractivity contribution in [3.63, 3.8) is 0 Å². The van der Waals surface area contributed by atoms with Gasteiger partial charge in [0.05, 0.1) is 12.8 Å². The van der Waals surface area contributed by atoms with Gasteiger partial charge in [-0.1, -0.05) is 6.07 Å². The Morgan fingerprint density at radius 3 is 2.73 bits per heavy atom. The first-order valence-corrected chi connectivity index (χ1v) is 6.80. The summed E-state index contributed by atoms with van der Waals surface area (Å²) in [7, 11) is 0. The maximum atomic E-state index is 11.3. The second kappa shape index (κ2) is 5.72. The van der Waals surface area contributed by atoms with Gasteiger partial charge in [0.15, 0.2) is 0 Å². The van der Waals surface area contributed by atoms with E-state index in [4.69, 9.17) is 4.74 Å². The Kier molecular flexibility index (Phi) is 3.61. The fourth-order valence-corrected chi connectivity index (χ4v) is 2.18. The van der Waals surface area contributed by atoms with E-state index in [0.717, 1.165) is 5.75 Å². The number of nitro groups is 1. The Morgan fingerprint density at radius 2 is 2.05 bits per heavy atom. The van der Waals surface area contributed by atoms with Crippen LogP contribution in [0, 0.1) is 10.1 Å². The highest BCUT2D eigenvalue weighted by Gasteiger charge is 2.22. The van der Waals surface area contributed by atoms with Crippen LogP contribution in [0.5, 0.6) is 5.75 Å². The Balaban J connectivity index is 1.96. The standard InChI is InChI=1S/C15H14N4O3/c1-2-22-12-8-6-11(7-9-12)16-14-15(19(20)21)18-10-4-3-5-13(18)17-14/h3-10,16H,2H2,1H3. The number of benzene rings is 1. The van der Waals surface area contributed by atoms with Crippen LogP contribution in [0.2, 0.25) is 0 Å². The smallest absolute Gasteiger partial charge is 0.372 e. The molecule has 7 nitrogen and oxygen atoms in total. The SMILES string of the molecule is CCOc1ccc(Nc2nc3ccccn3c2[N+](=O)[O-])cc1. The van der Waals surface area contributed by atoms with Crippen molar-refractivity contribution in [2.45, 2.75) is 6.92 Å². The third-order valence-corrected chi connectivity index (χ3v) is 3.11. The third-order valence-electron chi connectivity index (χ3n) is 3.11. The Morgan fingerprint density at radius 1 is 1.27 bits per heavy atom. The van der Waals surface area contributed by atoms with Crippen molar-refractivity contribution in [2.75, 3.05) is 11.9 Å². The van der Waals surface area contributed by atoms with Gasteiger partial charge in [0.1, 0.15) is 5.75 Å². The predicted molar refractivity (Wildman–Crippen MR) is 82.7 cm³/mol. The molecule has 7 heteroatoms. The molecule has 0 spiro atoms. The van der Waals surface area contributed by atoms with Crippen LogP contribution in [0.25, 0.3) is 5.65 Å². The molecular formula is C15H14N4O3. The molecule has 0 atom stereocenters. The van der Waals surface area contributed by atoms with Crippen LogP contribution in [-0.2, 0) is 0 Å². The normalized spacial score (nSPS) is 10.6. The lowest BCUT2D eigenvalue weighted by atomic mass is 10.3. The fraction of sp³-hybridized carbons (Fsp3) is 0.133. The second-order valence-electron chi connectivity index (χ2n) is 4.55. The number of nitrogens with zero attached hydrogens (tertiary/aromatic N) is 3. The van der Waals surface area contributed by atoms with E-state index >= 15 is 0 Å². The van der Waals surface area contributed by atoms with Crippen molar-refractivity contribution in [2.24, 2.45) is 0 Å². The minimum Gasteiger partial charge on any atom is -0.494 e. The number of aromatic nitrogens is 2. The number of rotatable bonds is 5. The molecule has 1 N–H and O–H groups in total. The number of pyridine rings is 1. The topological polar surface area (TPSA) is 81.7 Å². The number of ether oxygens (including phenoxy) is 1. The van der Waals surface area contributed by atoms with E-state index in [1.807, 2.05) is 6.92 Å². The van der Waals surface area contributed by atoms with Gasteiger partial charge in [0.25, 0.3) is 0 Å². The summed E-state index contributed by atoms with van der Waals surface area (Å²) in [6, 6.07) is 12.4. The summed E-state index contributed by atoms with van der Waals surface area (Å²) in [6.45, 7) is 2.50. The van der Waals surface area contributed by atoms with Gasteiger partial charge in [-0.05, 0) is 42.2 Å². The molecule has 22 heavy (non-hydrogen) atoms. The Bertz CT molecular complexity index is 811. The molecule has 3 aromatic rings. The van der Waals surface area contributed by atoms with Gasteiger partial charge in [-0.3, -0.25) is 0 Å². The lowest BCUT2D eigenvalue weighted by Crippen LogP contribution is -1.98. The van der Waals surface area contributed by atoms with Gasteiger partial charge in [-0.2, -0.15) is 9.38 Å². The lowest BCUT2D eigenvalue weighted by molar-refractivity contribution is -0.389. The number of fused-ring (bicyclic) bond motifs is 1. The first kappa shape index (κ1) is 13.9. The van der Waals surface area contributed by atoms with E-state index in [0.29, 0.717) is 17.9 Å². The highest BCUT2D eigenvalue weighted by Crippen LogP contribution is 2.28. The highest BCUT2D eigenvalue weighted by atomic mass is 16.6. The molecule has 0 fully saturated rings. The summed E-state index contributed by atoms with van der Waals surface area (Å²) >= 11 is 0. The van der Waals surface area contributed by atoms with Crippen LogP contribution < -0.4 is 10.1 Å². The van der Waals surface area contributed by atoms with Crippen LogP contribution in [0.15, 0.2) is 48.7 Å². The van der Waals surface area contributed by atoms with Gasteiger partial charge in [0, 0.05) is 11.8 Å². The molecule has 0 saturated carbocycles. The summed E-state index contributed by atoms with van der Waals surface area (Å²) in [6.07, 6.45) is 1.61. The number of anilines is 2. The van der Waals surface area contributed by atoms with Crippen LogP contribution >= 0.6 is 0 Å². The third kappa shape index (κ3) is 2.56. The molecule has 0 aliphatic rings. The zero-order valence-electron chi connectivity index (χ0n) is 11.9. The van der Waals surface area contributed by atoms with E-state index in [1.54, 1.807) is 48.7 Å². The molecule has 0 radical (unpaired) electrons.